The number of nitrogens with one attached hydrogen (secondary N) is 2. The van der Waals surface area contributed by atoms with Gasteiger partial charge in [0, 0.05) is 49.7 Å². The normalized spacial score (nSPS) is 17.2. The van der Waals surface area contributed by atoms with E-state index >= 15 is 0 Å². The van der Waals surface area contributed by atoms with Crippen molar-refractivity contribution >= 4 is 17.5 Å². The van der Waals surface area contributed by atoms with Gasteiger partial charge in [-0.25, -0.2) is 0 Å². The minimum atomic E-state index is -0.0726. The second-order valence-electron chi connectivity index (χ2n) is 7.60. The lowest BCUT2D eigenvalue weighted by molar-refractivity contribution is -0.123. The van der Waals surface area contributed by atoms with Crippen LogP contribution in [-0.4, -0.2) is 35.9 Å². The van der Waals surface area contributed by atoms with Gasteiger partial charge in [-0.3, -0.25) is 14.6 Å². The van der Waals surface area contributed by atoms with Gasteiger partial charge in [0.05, 0.1) is 5.56 Å². The summed E-state index contributed by atoms with van der Waals surface area (Å²) >= 11 is 0. The van der Waals surface area contributed by atoms with E-state index in [0.29, 0.717) is 12.1 Å². The molecule has 2 aromatic rings. The number of rotatable bonds is 6. The van der Waals surface area contributed by atoms with Gasteiger partial charge in [-0.05, 0) is 55.5 Å². The van der Waals surface area contributed by atoms with E-state index in [4.69, 9.17) is 0 Å². The lowest BCUT2D eigenvalue weighted by Gasteiger charge is -2.35. The highest BCUT2D eigenvalue weighted by molar-refractivity contribution is 5.99. The third-order valence-corrected chi connectivity index (χ3v) is 5.48. The van der Waals surface area contributed by atoms with Crippen molar-refractivity contribution in [2.45, 2.75) is 38.3 Å². The molecule has 1 aromatic heterocycles. The fraction of sp³-hybridized carbons (Fsp3) is 0.409. The molecular weight excluding hydrogens is 352 g/mol. The number of para-hydroxylation sites is 1. The van der Waals surface area contributed by atoms with Crippen molar-refractivity contribution in [3.8, 4) is 0 Å². The van der Waals surface area contributed by atoms with E-state index in [-0.39, 0.29) is 23.8 Å². The van der Waals surface area contributed by atoms with Crippen LogP contribution >= 0.6 is 0 Å². The summed E-state index contributed by atoms with van der Waals surface area (Å²) in [5.74, 6) is 0.397. The summed E-state index contributed by atoms with van der Waals surface area (Å²) in [5, 5.41) is 6.18. The fourth-order valence-corrected chi connectivity index (χ4v) is 3.65. The predicted octanol–water partition coefficient (Wildman–Crippen LogP) is 2.51. The van der Waals surface area contributed by atoms with Crippen molar-refractivity contribution < 1.29 is 9.59 Å². The molecule has 146 valence electrons. The Bertz CT molecular complexity index is 827. The molecule has 1 aliphatic carbocycles. The highest BCUT2D eigenvalue weighted by Crippen LogP contribution is 2.30. The molecule has 2 fully saturated rings. The van der Waals surface area contributed by atoms with Crippen molar-refractivity contribution in [1.82, 2.24) is 15.6 Å². The summed E-state index contributed by atoms with van der Waals surface area (Å²) in [7, 11) is 0. The molecule has 1 aliphatic heterocycles. The Labute approximate surface area is 165 Å². The summed E-state index contributed by atoms with van der Waals surface area (Å²) in [6.07, 6.45) is 7.33. The molecule has 6 heteroatoms. The molecule has 2 N–H and O–H groups in total. The second-order valence-corrected chi connectivity index (χ2v) is 7.60. The number of anilines is 1. The zero-order valence-electron chi connectivity index (χ0n) is 15.9. The van der Waals surface area contributed by atoms with Crippen molar-refractivity contribution in [2.24, 2.45) is 5.92 Å². The molecule has 2 aliphatic rings. The van der Waals surface area contributed by atoms with Crippen LogP contribution in [0.5, 0.6) is 0 Å². The van der Waals surface area contributed by atoms with E-state index in [1.165, 1.54) is 0 Å². The topological polar surface area (TPSA) is 74.3 Å². The van der Waals surface area contributed by atoms with Crippen LogP contribution in [0.2, 0.25) is 0 Å². The Balaban J connectivity index is 1.36. The zero-order valence-corrected chi connectivity index (χ0v) is 15.9. The van der Waals surface area contributed by atoms with E-state index in [1.54, 1.807) is 12.4 Å². The number of hydrogen-bond acceptors (Lipinski definition) is 4. The number of hydrogen-bond donors (Lipinski definition) is 2. The van der Waals surface area contributed by atoms with Crippen LogP contribution in [0.4, 0.5) is 5.69 Å². The average Bonchev–Trinajstić information content (AvgIpc) is 3.59. The molecule has 1 saturated heterocycles. The van der Waals surface area contributed by atoms with Gasteiger partial charge in [0.1, 0.15) is 0 Å². The van der Waals surface area contributed by atoms with Crippen molar-refractivity contribution in [3.63, 3.8) is 0 Å². The van der Waals surface area contributed by atoms with E-state index < -0.39 is 0 Å². The van der Waals surface area contributed by atoms with Gasteiger partial charge in [-0.1, -0.05) is 12.1 Å². The molecule has 2 amide bonds. The molecular formula is C22H26N4O2. The summed E-state index contributed by atoms with van der Waals surface area (Å²) in [5.41, 5.74) is 2.67. The summed E-state index contributed by atoms with van der Waals surface area (Å²) in [4.78, 5) is 31.0. The Kier molecular flexibility index (Phi) is 5.55. The molecule has 28 heavy (non-hydrogen) atoms. The third kappa shape index (κ3) is 4.50. The average molecular weight is 378 g/mol. The van der Waals surface area contributed by atoms with Gasteiger partial charge in [0.15, 0.2) is 0 Å². The number of aromatic nitrogens is 1. The summed E-state index contributed by atoms with van der Waals surface area (Å²) in [6, 6.07) is 11.8. The lowest BCUT2D eigenvalue weighted by Crippen LogP contribution is -2.45. The molecule has 6 nitrogen and oxygen atoms in total. The second kappa shape index (κ2) is 8.42. The van der Waals surface area contributed by atoms with Gasteiger partial charge < -0.3 is 15.5 Å². The van der Waals surface area contributed by atoms with Crippen LogP contribution in [0, 0.1) is 5.92 Å². The van der Waals surface area contributed by atoms with Crippen LogP contribution in [0.25, 0.3) is 0 Å². The Morgan fingerprint density at radius 1 is 1.00 bits per heavy atom. The summed E-state index contributed by atoms with van der Waals surface area (Å²) in [6.45, 7) is 2.15. The number of nitrogens with zero attached hydrogens (tertiary/aromatic N) is 2. The number of carbonyl (C=O) groups is 2. The molecule has 4 rings (SSSR count). The van der Waals surface area contributed by atoms with E-state index in [1.807, 2.05) is 36.4 Å². The zero-order chi connectivity index (χ0) is 19.3. The molecule has 0 bridgehead atoms. The van der Waals surface area contributed by atoms with Gasteiger partial charge in [0.2, 0.25) is 5.91 Å². The van der Waals surface area contributed by atoms with Gasteiger partial charge in [-0.2, -0.15) is 0 Å². The maximum absolute atomic E-state index is 12.8. The Morgan fingerprint density at radius 3 is 2.43 bits per heavy atom. The molecule has 1 aromatic carbocycles. The Hall–Kier alpha value is -2.89. The fourth-order valence-electron chi connectivity index (χ4n) is 3.65. The van der Waals surface area contributed by atoms with E-state index in [0.717, 1.165) is 50.0 Å². The van der Waals surface area contributed by atoms with Crippen LogP contribution in [0.15, 0.2) is 48.8 Å². The first-order valence-electron chi connectivity index (χ1n) is 10.0. The maximum Gasteiger partial charge on any atom is 0.253 e. The van der Waals surface area contributed by atoms with Gasteiger partial charge >= 0.3 is 0 Å². The first kappa shape index (κ1) is 18.5. The Morgan fingerprint density at radius 2 is 1.71 bits per heavy atom. The molecule has 0 unspecified atom stereocenters. The lowest BCUT2D eigenvalue weighted by atomic mass is 10.0. The monoisotopic (exact) mass is 378 g/mol. The molecule has 0 spiro atoms. The highest BCUT2D eigenvalue weighted by Gasteiger charge is 2.32. The SMILES string of the molecule is O=C(NCc1ccncc1)c1ccccc1N1CCC(NC(=O)C2CC2)CC1. The molecule has 0 atom stereocenters. The van der Waals surface area contributed by atoms with Gasteiger partial charge in [-0.15, -0.1) is 0 Å². The standard InChI is InChI=1S/C22H26N4O2/c27-21(17-5-6-17)25-18-9-13-26(14-10-18)20-4-2-1-3-19(20)22(28)24-15-16-7-11-23-12-8-16/h1-4,7-8,11-12,17-18H,5-6,9-10,13-15H2,(H,24,28)(H,25,27). The summed E-state index contributed by atoms with van der Waals surface area (Å²) < 4.78 is 0. The van der Waals surface area contributed by atoms with Crippen LogP contribution < -0.4 is 15.5 Å². The van der Waals surface area contributed by atoms with Crippen molar-refractivity contribution in [1.29, 1.82) is 0 Å². The molecule has 2 heterocycles. The van der Waals surface area contributed by atoms with E-state index in [9.17, 15) is 9.59 Å². The number of carbonyl (C=O) groups excluding carboxylic acids is 2. The number of pyridine rings is 1. The smallest absolute Gasteiger partial charge is 0.253 e. The molecule has 0 radical (unpaired) electrons. The van der Waals surface area contributed by atoms with Gasteiger partial charge in [0.25, 0.3) is 5.91 Å². The minimum absolute atomic E-state index is 0.0726. The maximum atomic E-state index is 12.8. The first-order valence-corrected chi connectivity index (χ1v) is 10.0. The third-order valence-electron chi connectivity index (χ3n) is 5.48. The van der Waals surface area contributed by atoms with Crippen LogP contribution in [0.1, 0.15) is 41.6 Å². The number of benzene rings is 1. The van der Waals surface area contributed by atoms with Crippen molar-refractivity contribution in [2.75, 3.05) is 18.0 Å². The number of amides is 2. The predicted molar refractivity (Wildman–Crippen MR) is 108 cm³/mol. The minimum Gasteiger partial charge on any atom is -0.371 e. The van der Waals surface area contributed by atoms with Crippen LogP contribution in [-0.2, 0) is 11.3 Å². The van der Waals surface area contributed by atoms with Crippen LogP contribution in [0.3, 0.4) is 0 Å². The van der Waals surface area contributed by atoms with Crippen molar-refractivity contribution in [3.05, 3.63) is 59.9 Å². The molecule has 1 saturated carbocycles. The largest absolute Gasteiger partial charge is 0.371 e. The highest BCUT2D eigenvalue weighted by atomic mass is 16.2. The van der Waals surface area contributed by atoms with E-state index in [2.05, 4.69) is 20.5 Å². The first-order chi connectivity index (χ1) is 13.7. The number of piperidine rings is 1. The quantitative estimate of drug-likeness (QED) is 0.810.